The molecule has 1 saturated heterocycles. The molecule has 1 aliphatic rings. The van der Waals surface area contributed by atoms with Crippen LogP contribution in [0.25, 0.3) is 0 Å². The van der Waals surface area contributed by atoms with Gasteiger partial charge in [-0.3, -0.25) is 9.59 Å². The van der Waals surface area contributed by atoms with Gasteiger partial charge in [0.2, 0.25) is 0 Å². The van der Waals surface area contributed by atoms with E-state index in [2.05, 4.69) is 15.6 Å². The molecule has 2 N–H and O–H groups in total. The van der Waals surface area contributed by atoms with Gasteiger partial charge in [0.25, 0.3) is 0 Å². The van der Waals surface area contributed by atoms with Gasteiger partial charge in [0.15, 0.2) is 5.78 Å². The molecule has 0 saturated carbocycles. The molecule has 6 nitrogen and oxygen atoms in total. The van der Waals surface area contributed by atoms with E-state index in [0.717, 1.165) is 5.56 Å². The number of halogens is 1. The largest absolute Gasteiger partial charge is 0.460 e. The lowest BCUT2D eigenvalue weighted by atomic mass is 9.92. The molecule has 140 valence electrons. The summed E-state index contributed by atoms with van der Waals surface area (Å²) in [6.45, 7) is 2.64. The first-order valence-corrected chi connectivity index (χ1v) is 9.22. The predicted molar refractivity (Wildman–Crippen MR) is 104 cm³/mol. The highest BCUT2D eigenvalue weighted by Crippen LogP contribution is 2.21. The average Bonchev–Trinajstić information content (AvgIpc) is 3.31. The van der Waals surface area contributed by atoms with E-state index in [1.807, 2.05) is 35.7 Å². The van der Waals surface area contributed by atoms with Gasteiger partial charge >= 0.3 is 5.97 Å². The van der Waals surface area contributed by atoms with Gasteiger partial charge in [-0.2, -0.15) is 0 Å². The molecule has 2 aromatic rings. The molecule has 0 spiro atoms. The van der Waals surface area contributed by atoms with Crippen LogP contribution in [0.2, 0.25) is 0 Å². The zero-order chi connectivity index (χ0) is 17.6. The molecule has 1 aromatic carbocycles. The molecule has 0 aliphatic carbocycles. The van der Waals surface area contributed by atoms with Gasteiger partial charge in [-0.25, -0.2) is 4.98 Å². The number of ether oxygens (including phenoxy) is 1. The Morgan fingerprint density at radius 2 is 2.15 bits per heavy atom. The first-order valence-electron chi connectivity index (χ1n) is 8.27. The predicted octanol–water partition coefficient (Wildman–Crippen LogP) is 2.66. The van der Waals surface area contributed by atoms with Crippen molar-refractivity contribution in [2.75, 3.05) is 11.9 Å². The maximum absolute atomic E-state index is 12.7. The average molecular weight is 396 g/mol. The van der Waals surface area contributed by atoms with Gasteiger partial charge in [-0.1, -0.05) is 30.3 Å². The van der Waals surface area contributed by atoms with Crippen molar-refractivity contribution in [3.8, 4) is 0 Å². The fourth-order valence-corrected chi connectivity index (χ4v) is 3.47. The number of ketones is 1. The van der Waals surface area contributed by atoms with Crippen molar-refractivity contribution in [2.24, 2.45) is 5.92 Å². The first-order chi connectivity index (χ1) is 12.1. The number of aromatic nitrogens is 1. The lowest BCUT2D eigenvalue weighted by Gasteiger charge is -2.21. The Labute approximate surface area is 162 Å². The molecular formula is C18H22ClN3O3S. The van der Waals surface area contributed by atoms with E-state index < -0.39 is 12.1 Å². The first kappa shape index (κ1) is 20.4. The van der Waals surface area contributed by atoms with Gasteiger partial charge in [-0.05, 0) is 25.5 Å². The number of Topliss-reactive ketones (excluding diaryl/α,β-unsaturated/α-hetero) is 1. The smallest absolute Gasteiger partial charge is 0.324 e. The molecule has 3 atom stereocenters. The van der Waals surface area contributed by atoms with E-state index in [1.54, 1.807) is 12.4 Å². The molecule has 2 heterocycles. The standard InChI is InChI=1S/C18H21N3O3S.ClH/c1-12(21-15-10-25-11-20-15)17(22)14-7-8-19-16(14)18(23)24-9-13-5-3-2-4-6-13;/h2-6,10-12,14,16,19,21H,7-9H2,1H3;1H/t12-,14?,16-;/m0./s1. The minimum absolute atomic E-state index is 0. The van der Waals surface area contributed by atoms with E-state index >= 15 is 0 Å². The van der Waals surface area contributed by atoms with Crippen LogP contribution in [0, 0.1) is 5.92 Å². The molecular weight excluding hydrogens is 374 g/mol. The molecule has 3 rings (SSSR count). The number of nitrogens with zero attached hydrogens (tertiary/aromatic N) is 1. The molecule has 0 bridgehead atoms. The summed E-state index contributed by atoms with van der Waals surface area (Å²) < 4.78 is 5.39. The lowest BCUT2D eigenvalue weighted by Crippen LogP contribution is -2.44. The van der Waals surface area contributed by atoms with Gasteiger partial charge < -0.3 is 15.4 Å². The highest BCUT2D eigenvalue weighted by molar-refractivity contribution is 7.07. The summed E-state index contributed by atoms with van der Waals surface area (Å²) in [4.78, 5) is 29.3. The van der Waals surface area contributed by atoms with E-state index in [0.29, 0.717) is 18.8 Å². The number of thiazole rings is 1. The minimum atomic E-state index is -0.587. The fourth-order valence-electron chi connectivity index (χ4n) is 2.97. The summed E-state index contributed by atoms with van der Waals surface area (Å²) in [6.07, 6.45) is 0.632. The summed E-state index contributed by atoms with van der Waals surface area (Å²) in [5.41, 5.74) is 2.63. The Bertz CT molecular complexity index is 712. The summed E-state index contributed by atoms with van der Waals surface area (Å²) in [5.74, 6) is -0.0790. The molecule has 1 aromatic heterocycles. The van der Waals surface area contributed by atoms with Crippen molar-refractivity contribution in [1.29, 1.82) is 0 Å². The van der Waals surface area contributed by atoms with Crippen LogP contribution in [0.4, 0.5) is 5.82 Å². The second kappa shape index (κ2) is 9.66. The lowest BCUT2D eigenvalue weighted by molar-refractivity contribution is -0.149. The summed E-state index contributed by atoms with van der Waals surface area (Å²) in [5, 5.41) is 8.04. The van der Waals surface area contributed by atoms with E-state index in [4.69, 9.17) is 4.74 Å². The maximum atomic E-state index is 12.7. The molecule has 1 aliphatic heterocycles. The maximum Gasteiger partial charge on any atom is 0.324 e. The summed E-state index contributed by atoms with van der Waals surface area (Å²) in [6, 6.07) is 8.52. The third-order valence-corrected chi connectivity index (χ3v) is 4.88. The highest BCUT2D eigenvalue weighted by Gasteiger charge is 2.40. The minimum Gasteiger partial charge on any atom is -0.460 e. The van der Waals surface area contributed by atoms with Crippen LogP contribution < -0.4 is 10.6 Å². The Kier molecular flexibility index (Phi) is 7.56. The number of benzene rings is 1. The van der Waals surface area contributed by atoms with Gasteiger partial charge in [0, 0.05) is 11.3 Å². The second-order valence-corrected chi connectivity index (χ2v) is 6.78. The third-order valence-electron chi connectivity index (χ3n) is 4.29. The Balaban J connectivity index is 0.00000243. The Hall–Kier alpha value is -1.96. The van der Waals surface area contributed by atoms with Crippen LogP contribution in [0.3, 0.4) is 0 Å². The number of carbonyl (C=O) groups is 2. The normalized spacial score (nSPS) is 20.0. The second-order valence-electron chi connectivity index (χ2n) is 6.06. The van der Waals surface area contributed by atoms with Crippen molar-refractivity contribution in [3.05, 3.63) is 46.8 Å². The fraction of sp³-hybridized carbons (Fsp3) is 0.389. The van der Waals surface area contributed by atoms with E-state index in [9.17, 15) is 9.59 Å². The molecule has 0 amide bonds. The number of rotatable bonds is 7. The zero-order valence-electron chi connectivity index (χ0n) is 14.4. The van der Waals surface area contributed by atoms with Crippen LogP contribution in [0.1, 0.15) is 18.9 Å². The van der Waals surface area contributed by atoms with Crippen molar-refractivity contribution in [1.82, 2.24) is 10.3 Å². The summed E-state index contributed by atoms with van der Waals surface area (Å²) >= 11 is 1.46. The molecule has 0 radical (unpaired) electrons. The van der Waals surface area contributed by atoms with Crippen LogP contribution in [0.15, 0.2) is 41.2 Å². The number of hydrogen-bond donors (Lipinski definition) is 2. The third kappa shape index (κ3) is 5.03. The number of esters is 1. The van der Waals surface area contributed by atoms with Crippen molar-refractivity contribution in [2.45, 2.75) is 32.0 Å². The molecule has 1 unspecified atom stereocenters. The van der Waals surface area contributed by atoms with Crippen molar-refractivity contribution in [3.63, 3.8) is 0 Å². The van der Waals surface area contributed by atoms with Gasteiger partial charge in [0.05, 0.1) is 11.6 Å². The van der Waals surface area contributed by atoms with Gasteiger partial charge in [-0.15, -0.1) is 23.7 Å². The van der Waals surface area contributed by atoms with E-state index in [-0.39, 0.29) is 36.7 Å². The quantitative estimate of drug-likeness (QED) is 0.701. The van der Waals surface area contributed by atoms with Crippen LogP contribution >= 0.6 is 23.7 Å². The summed E-state index contributed by atoms with van der Waals surface area (Å²) in [7, 11) is 0. The molecule has 26 heavy (non-hydrogen) atoms. The van der Waals surface area contributed by atoms with Crippen molar-refractivity contribution < 1.29 is 14.3 Å². The molecule has 1 fully saturated rings. The molecule has 8 heteroatoms. The number of anilines is 1. The van der Waals surface area contributed by atoms with E-state index in [1.165, 1.54) is 11.3 Å². The highest BCUT2D eigenvalue weighted by atomic mass is 35.5. The monoisotopic (exact) mass is 395 g/mol. The number of carbonyl (C=O) groups excluding carboxylic acids is 2. The van der Waals surface area contributed by atoms with Crippen LogP contribution in [-0.2, 0) is 20.9 Å². The Morgan fingerprint density at radius 3 is 2.85 bits per heavy atom. The van der Waals surface area contributed by atoms with Crippen LogP contribution in [0.5, 0.6) is 0 Å². The topological polar surface area (TPSA) is 80.3 Å². The number of nitrogens with one attached hydrogen (secondary N) is 2. The van der Waals surface area contributed by atoms with Crippen LogP contribution in [-0.4, -0.2) is 35.4 Å². The van der Waals surface area contributed by atoms with Crippen molar-refractivity contribution >= 4 is 41.3 Å². The van der Waals surface area contributed by atoms with Gasteiger partial charge in [0.1, 0.15) is 18.5 Å². The number of hydrogen-bond acceptors (Lipinski definition) is 7. The zero-order valence-corrected chi connectivity index (χ0v) is 16.0. The SMILES string of the molecule is C[C@H](Nc1cscn1)C(=O)C1CCN[C@@H]1C(=O)OCc1ccccc1.Cl. The Morgan fingerprint density at radius 1 is 1.38 bits per heavy atom.